The number of pyridine rings is 1. The van der Waals surface area contributed by atoms with E-state index in [9.17, 15) is 4.39 Å². The van der Waals surface area contributed by atoms with E-state index in [1.165, 1.54) is 26.4 Å². The second-order valence-electron chi connectivity index (χ2n) is 3.94. The summed E-state index contributed by atoms with van der Waals surface area (Å²) in [5, 5.41) is 0. The summed E-state index contributed by atoms with van der Waals surface area (Å²) in [6, 6.07) is 6.03. The first-order chi connectivity index (χ1) is 9.67. The summed E-state index contributed by atoms with van der Waals surface area (Å²) in [7, 11) is 3.03. The lowest BCUT2D eigenvalue weighted by molar-refractivity contribution is 0.274. The third-order valence-corrected chi connectivity index (χ3v) is 2.72. The SMILES string of the molecule is COc1ccnc(COc2c(N)cccc2F)c1OC. The summed E-state index contributed by atoms with van der Waals surface area (Å²) in [5.74, 6) is 0.457. The fourth-order valence-electron chi connectivity index (χ4n) is 1.77. The van der Waals surface area contributed by atoms with Gasteiger partial charge in [-0.2, -0.15) is 0 Å². The normalized spacial score (nSPS) is 10.2. The van der Waals surface area contributed by atoms with E-state index in [2.05, 4.69) is 4.98 Å². The van der Waals surface area contributed by atoms with Gasteiger partial charge in [0.15, 0.2) is 23.1 Å². The van der Waals surface area contributed by atoms with E-state index in [4.69, 9.17) is 19.9 Å². The molecule has 0 aliphatic rings. The molecule has 0 aliphatic carbocycles. The molecule has 5 nitrogen and oxygen atoms in total. The van der Waals surface area contributed by atoms with Crippen LogP contribution in [0.4, 0.5) is 10.1 Å². The number of ether oxygens (including phenoxy) is 3. The smallest absolute Gasteiger partial charge is 0.185 e. The average molecular weight is 278 g/mol. The van der Waals surface area contributed by atoms with Gasteiger partial charge >= 0.3 is 0 Å². The van der Waals surface area contributed by atoms with Crippen molar-refractivity contribution < 1.29 is 18.6 Å². The molecule has 20 heavy (non-hydrogen) atoms. The van der Waals surface area contributed by atoms with Gasteiger partial charge in [0, 0.05) is 12.3 Å². The van der Waals surface area contributed by atoms with Crippen molar-refractivity contribution in [1.29, 1.82) is 0 Å². The van der Waals surface area contributed by atoms with Crippen LogP contribution in [-0.4, -0.2) is 19.2 Å². The van der Waals surface area contributed by atoms with E-state index >= 15 is 0 Å². The van der Waals surface area contributed by atoms with Crippen molar-refractivity contribution in [2.24, 2.45) is 0 Å². The highest BCUT2D eigenvalue weighted by Crippen LogP contribution is 2.31. The van der Waals surface area contributed by atoms with Gasteiger partial charge in [0.05, 0.1) is 19.9 Å². The molecular formula is C14H15FN2O3. The van der Waals surface area contributed by atoms with Crippen molar-refractivity contribution in [3.8, 4) is 17.2 Å². The lowest BCUT2D eigenvalue weighted by Gasteiger charge is -2.13. The van der Waals surface area contributed by atoms with Crippen molar-refractivity contribution in [3.05, 3.63) is 42.0 Å². The number of para-hydroxylation sites is 1. The molecule has 0 amide bonds. The maximum atomic E-state index is 13.6. The van der Waals surface area contributed by atoms with Crippen molar-refractivity contribution >= 4 is 5.69 Å². The number of hydrogen-bond donors (Lipinski definition) is 1. The number of nitrogens with zero attached hydrogens (tertiary/aromatic N) is 1. The van der Waals surface area contributed by atoms with E-state index in [1.54, 1.807) is 18.3 Å². The highest BCUT2D eigenvalue weighted by molar-refractivity contribution is 5.53. The Morgan fingerprint density at radius 1 is 1.15 bits per heavy atom. The van der Waals surface area contributed by atoms with Crippen LogP contribution in [0.3, 0.4) is 0 Å². The molecular weight excluding hydrogens is 263 g/mol. The zero-order valence-electron chi connectivity index (χ0n) is 11.2. The van der Waals surface area contributed by atoms with Crippen LogP contribution in [0.25, 0.3) is 0 Å². The van der Waals surface area contributed by atoms with E-state index in [-0.39, 0.29) is 18.0 Å². The molecule has 1 heterocycles. The summed E-state index contributed by atoms with van der Waals surface area (Å²) in [6.45, 7) is 0.0194. The Labute approximate surface area is 116 Å². The van der Waals surface area contributed by atoms with Crippen molar-refractivity contribution in [2.75, 3.05) is 20.0 Å². The fourth-order valence-corrected chi connectivity index (χ4v) is 1.77. The molecule has 0 radical (unpaired) electrons. The third kappa shape index (κ3) is 2.74. The van der Waals surface area contributed by atoms with Crippen molar-refractivity contribution in [1.82, 2.24) is 4.98 Å². The lowest BCUT2D eigenvalue weighted by atomic mass is 10.3. The minimum Gasteiger partial charge on any atom is -0.493 e. The first-order valence-corrected chi connectivity index (χ1v) is 5.90. The van der Waals surface area contributed by atoms with E-state index in [0.717, 1.165) is 0 Å². The van der Waals surface area contributed by atoms with Crippen LogP contribution >= 0.6 is 0 Å². The molecule has 0 bridgehead atoms. The third-order valence-electron chi connectivity index (χ3n) is 2.72. The number of hydrogen-bond acceptors (Lipinski definition) is 5. The highest BCUT2D eigenvalue weighted by Gasteiger charge is 2.14. The molecule has 0 saturated heterocycles. The van der Waals surface area contributed by atoms with Gasteiger partial charge in [-0.25, -0.2) is 4.39 Å². The summed E-state index contributed by atoms with van der Waals surface area (Å²) < 4.78 is 29.4. The predicted octanol–water partition coefficient (Wildman–Crippen LogP) is 2.40. The minimum atomic E-state index is -0.521. The number of rotatable bonds is 5. The zero-order valence-corrected chi connectivity index (χ0v) is 11.2. The quantitative estimate of drug-likeness (QED) is 0.851. The van der Waals surface area contributed by atoms with Gasteiger partial charge in [-0.1, -0.05) is 6.07 Å². The van der Waals surface area contributed by atoms with Crippen LogP contribution < -0.4 is 19.9 Å². The Kier molecular flexibility index (Phi) is 4.24. The summed E-state index contributed by atoms with van der Waals surface area (Å²) in [5.41, 5.74) is 6.39. The molecule has 0 spiro atoms. The van der Waals surface area contributed by atoms with Crippen LogP contribution in [0.2, 0.25) is 0 Å². The summed E-state index contributed by atoms with van der Waals surface area (Å²) >= 11 is 0. The molecule has 0 atom stereocenters. The lowest BCUT2D eigenvalue weighted by Crippen LogP contribution is -2.05. The van der Waals surface area contributed by atoms with Crippen LogP contribution in [0.5, 0.6) is 17.2 Å². The molecule has 1 aromatic carbocycles. The molecule has 2 rings (SSSR count). The molecule has 106 valence electrons. The number of aromatic nitrogens is 1. The first-order valence-electron chi connectivity index (χ1n) is 5.90. The average Bonchev–Trinajstić information content (AvgIpc) is 2.46. The van der Waals surface area contributed by atoms with Gasteiger partial charge in [0.2, 0.25) is 0 Å². The maximum Gasteiger partial charge on any atom is 0.185 e. The van der Waals surface area contributed by atoms with Gasteiger partial charge < -0.3 is 19.9 Å². The highest BCUT2D eigenvalue weighted by atomic mass is 19.1. The molecule has 0 fully saturated rings. The maximum absolute atomic E-state index is 13.6. The largest absolute Gasteiger partial charge is 0.493 e. The molecule has 6 heteroatoms. The van der Waals surface area contributed by atoms with Crippen LogP contribution in [0, 0.1) is 5.82 Å². The number of nitrogen functional groups attached to an aromatic ring is 1. The monoisotopic (exact) mass is 278 g/mol. The standard InChI is InChI=1S/C14H15FN2O3/c1-18-12-6-7-17-11(14(12)19-2)8-20-13-9(15)4-3-5-10(13)16/h3-7H,8,16H2,1-2H3. The molecule has 2 N–H and O–H groups in total. The second-order valence-corrected chi connectivity index (χ2v) is 3.94. The predicted molar refractivity (Wildman–Crippen MR) is 72.5 cm³/mol. The van der Waals surface area contributed by atoms with E-state index < -0.39 is 5.82 Å². The summed E-state index contributed by atoms with van der Waals surface area (Å²) in [6.07, 6.45) is 1.56. The topological polar surface area (TPSA) is 66.6 Å². The first kappa shape index (κ1) is 13.9. The second kappa shape index (κ2) is 6.10. The van der Waals surface area contributed by atoms with E-state index in [1.807, 2.05) is 0 Å². The Balaban J connectivity index is 2.23. The Hall–Kier alpha value is -2.50. The van der Waals surface area contributed by atoms with Gasteiger partial charge in [0.25, 0.3) is 0 Å². The van der Waals surface area contributed by atoms with Crippen molar-refractivity contribution in [3.63, 3.8) is 0 Å². The molecule has 2 aromatic rings. The number of nitrogens with two attached hydrogens (primary N) is 1. The Morgan fingerprint density at radius 3 is 2.60 bits per heavy atom. The number of methoxy groups -OCH3 is 2. The zero-order chi connectivity index (χ0) is 14.5. The van der Waals surface area contributed by atoms with Crippen LogP contribution in [0.15, 0.2) is 30.5 Å². The minimum absolute atomic E-state index is 0.000766. The van der Waals surface area contributed by atoms with Crippen LogP contribution in [0.1, 0.15) is 5.69 Å². The fraction of sp³-hybridized carbons (Fsp3) is 0.214. The van der Waals surface area contributed by atoms with E-state index in [0.29, 0.717) is 17.2 Å². The number of anilines is 1. The van der Waals surface area contributed by atoms with Crippen molar-refractivity contribution in [2.45, 2.75) is 6.61 Å². The molecule has 0 saturated carbocycles. The van der Waals surface area contributed by atoms with Crippen LogP contribution in [-0.2, 0) is 6.61 Å². The number of benzene rings is 1. The molecule has 0 unspecified atom stereocenters. The summed E-state index contributed by atoms with van der Waals surface area (Å²) in [4.78, 5) is 4.14. The molecule has 0 aliphatic heterocycles. The van der Waals surface area contributed by atoms with Gasteiger partial charge in [-0.3, -0.25) is 4.98 Å². The Bertz CT molecular complexity index is 585. The van der Waals surface area contributed by atoms with Gasteiger partial charge in [-0.05, 0) is 12.1 Å². The van der Waals surface area contributed by atoms with Gasteiger partial charge in [0.1, 0.15) is 12.3 Å². The molecule has 1 aromatic heterocycles. The van der Waals surface area contributed by atoms with Gasteiger partial charge in [-0.15, -0.1) is 0 Å². The number of halogens is 1. The Morgan fingerprint density at radius 2 is 1.95 bits per heavy atom.